The molecule has 1 amide bonds. The molecule has 0 aliphatic carbocycles. The highest BCUT2D eigenvalue weighted by atomic mass is 16.1. The second-order valence-corrected chi connectivity index (χ2v) is 6.20. The molecule has 134 valence electrons. The maximum Gasteiger partial charge on any atom is 0.251 e. The zero-order valence-corrected chi connectivity index (χ0v) is 15.1. The van der Waals surface area contributed by atoms with Gasteiger partial charge in [-0.1, -0.05) is 12.1 Å². The van der Waals surface area contributed by atoms with Gasteiger partial charge in [-0.15, -0.1) is 0 Å². The Labute approximate surface area is 152 Å². The zero-order valence-electron chi connectivity index (χ0n) is 15.1. The molecule has 1 aromatic carbocycles. The lowest BCUT2D eigenvalue weighted by Crippen LogP contribution is -2.34. The number of aryl methyl sites for hydroxylation is 1. The van der Waals surface area contributed by atoms with Crippen LogP contribution in [0.4, 0.5) is 5.82 Å². The first-order chi connectivity index (χ1) is 12.6. The molecule has 0 bridgehead atoms. The summed E-state index contributed by atoms with van der Waals surface area (Å²) in [6.07, 6.45) is 3.97. The highest BCUT2D eigenvalue weighted by molar-refractivity contribution is 5.95. The smallest absolute Gasteiger partial charge is 0.251 e. The summed E-state index contributed by atoms with van der Waals surface area (Å²) in [5.41, 5.74) is 4.21. The number of aromatic nitrogens is 4. The van der Waals surface area contributed by atoms with Crippen LogP contribution < -0.4 is 10.6 Å². The number of nitrogens with zero attached hydrogens (tertiary/aromatic N) is 3. The molecule has 0 aliphatic heterocycles. The number of aromatic amines is 1. The Morgan fingerprint density at radius 2 is 1.92 bits per heavy atom. The summed E-state index contributed by atoms with van der Waals surface area (Å²) in [4.78, 5) is 21.0. The van der Waals surface area contributed by atoms with E-state index < -0.39 is 0 Å². The van der Waals surface area contributed by atoms with Crippen LogP contribution in [0.25, 0.3) is 11.3 Å². The molecule has 3 aromatic rings. The second-order valence-electron chi connectivity index (χ2n) is 6.20. The fourth-order valence-corrected chi connectivity index (χ4v) is 2.76. The van der Waals surface area contributed by atoms with Gasteiger partial charge in [0.15, 0.2) is 5.82 Å². The number of anilines is 1. The van der Waals surface area contributed by atoms with Crippen LogP contribution in [0, 0.1) is 6.92 Å². The predicted molar refractivity (Wildman–Crippen MR) is 101 cm³/mol. The lowest BCUT2D eigenvalue weighted by molar-refractivity contribution is 0.0940. The number of carbonyl (C=O) groups excluding carboxylic acids is 1. The molecule has 0 radical (unpaired) electrons. The van der Waals surface area contributed by atoms with Crippen LogP contribution in [0.2, 0.25) is 0 Å². The Hall–Kier alpha value is -3.22. The number of H-pyrrole nitrogens is 1. The minimum Gasteiger partial charge on any atom is -0.371 e. The fourth-order valence-electron chi connectivity index (χ4n) is 2.76. The number of hydrogen-bond donors (Lipinski definition) is 3. The van der Waals surface area contributed by atoms with Crippen molar-refractivity contribution in [2.75, 3.05) is 12.4 Å². The van der Waals surface area contributed by atoms with E-state index in [0.717, 1.165) is 22.6 Å². The van der Waals surface area contributed by atoms with Crippen molar-refractivity contribution in [1.82, 2.24) is 25.5 Å². The van der Waals surface area contributed by atoms with E-state index in [9.17, 15) is 4.79 Å². The third-order valence-corrected chi connectivity index (χ3v) is 4.01. The van der Waals surface area contributed by atoms with E-state index in [1.807, 2.05) is 32.0 Å². The summed E-state index contributed by atoms with van der Waals surface area (Å²) < 4.78 is 0. The molecule has 0 spiro atoms. The van der Waals surface area contributed by atoms with E-state index >= 15 is 0 Å². The van der Waals surface area contributed by atoms with Gasteiger partial charge in [0.2, 0.25) is 0 Å². The van der Waals surface area contributed by atoms with E-state index in [1.165, 1.54) is 0 Å². The molecule has 3 rings (SSSR count). The first-order valence-corrected chi connectivity index (χ1v) is 8.47. The number of hydrogen-bond acceptors (Lipinski definition) is 5. The van der Waals surface area contributed by atoms with Crippen LogP contribution in [0.1, 0.15) is 28.7 Å². The molecule has 7 nitrogen and oxygen atoms in total. The van der Waals surface area contributed by atoms with Crippen LogP contribution in [0.3, 0.4) is 0 Å². The van der Waals surface area contributed by atoms with Crippen molar-refractivity contribution in [2.45, 2.75) is 26.3 Å². The number of benzene rings is 1. The van der Waals surface area contributed by atoms with Crippen LogP contribution in [-0.4, -0.2) is 39.2 Å². The van der Waals surface area contributed by atoms with Gasteiger partial charge in [-0.25, -0.2) is 4.98 Å². The van der Waals surface area contributed by atoms with E-state index in [4.69, 9.17) is 0 Å². The SMILES string of the molecule is CNc1nccnc1-c1ccc(C(=O)N[C@H](C)Cc2cc(C)[nH]n2)cc1. The summed E-state index contributed by atoms with van der Waals surface area (Å²) >= 11 is 0. The van der Waals surface area contributed by atoms with Crippen molar-refractivity contribution in [3.8, 4) is 11.3 Å². The molecule has 2 aromatic heterocycles. The van der Waals surface area contributed by atoms with Crippen LogP contribution in [-0.2, 0) is 6.42 Å². The van der Waals surface area contributed by atoms with Gasteiger partial charge in [0.1, 0.15) is 5.69 Å². The first kappa shape index (κ1) is 17.6. The predicted octanol–water partition coefficient (Wildman–Crippen LogP) is 2.58. The van der Waals surface area contributed by atoms with E-state index in [-0.39, 0.29) is 11.9 Å². The molecule has 0 saturated heterocycles. The molecular formula is C19H22N6O. The molecular weight excluding hydrogens is 328 g/mol. The van der Waals surface area contributed by atoms with Crippen molar-refractivity contribution in [2.24, 2.45) is 0 Å². The first-order valence-electron chi connectivity index (χ1n) is 8.47. The molecule has 2 heterocycles. The van der Waals surface area contributed by atoms with E-state index in [2.05, 4.69) is 30.8 Å². The summed E-state index contributed by atoms with van der Waals surface area (Å²) in [6.45, 7) is 3.92. The molecule has 0 unspecified atom stereocenters. The van der Waals surface area contributed by atoms with Gasteiger partial charge in [-0.3, -0.25) is 14.9 Å². The van der Waals surface area contributed by atoms with E-state index in [1.54, 1.807) is 31.6 Å². The Morgan fingerprint density at radius 1 is 1.19 bits per heavy atom. The topological polar surface area (TPSA) is 95.6 Å². The Kier molecular flexibility index (Phi) is 5.26. The summed E-state index contributed by atoms with van der Waals surface area (Å²) in [7, 11) is 1.80. The maximum atomic E-state index is 12.4. The largest absolute Gasteiger partial charge is 0.371 e. The average Bonchev–Trinajstić information content (AvgIpc) is 3.06. The molecule has 26 heavy (non-hydrogen) atoms. The number of nitrogens with one attached hydrogen (secondary N) is 3. The highest BCUT2D eigenvalue weighted by Crippen LogP contribution is 2.23. The van der Waals surface area contributed by atoms with Gasteiger partial charge in [0.25, 0.3) is 5.91 Å². The summed E-state index contributed by atoms with van der Waals surface area (Å²) in [5.74, 6) is 0.594. The van der Waals surface area contributed by atoms with Crippen molar-refractivity contribution in [3.05, 3.63) is 59.7 Å². The second kappa shape index (κ2) is 7.77. The van der Waals surface area contributed by atoms with Crippen molar-refractivity contribution >= 4 is 11.7 Å². The molecule has 7 heteroatoms. The zero-order chi connectivity index (χ0) is 18.5. The standard InChI is InChI=1S/C19H22N6O/c1-12(10-16-11-13(2)24-25-16)23-19(26)15-6-4-14(5-7-15)17-18(20-3)22-9-8-21-17/h4-9,11-12H,10H2,1-3H3,(H,20,22)(H,23,26)(H,24,25)/t12-/m1/s1. The van der Waals surface area contributed by atoms with Crippen LogP contribution >= 0.6 is 0 Å². The molecule has 0 aliphatic rings. The third-order valence-electron chi connectivity index (χ3n) is 4.01. The minimum absolute atomic E-state index is 0.0132. The maximum absolute atomic E-state index is 12.4. The Balaban J connectivity index is 1.67. The normalized spacial score (nSPS) is 11.8. The van der Waals surface area contributed by atoms with Gasteiger partial charge in [-0.05, 0) is 32.0 Å². The highest BCUT2D eigenvalue weighted by Gasteiger charge is 2.13. The number of amides is 1. The van der Waals surface area contributed by atoms with Crippen molar-refractivity contribution in [1.29, 1.82) is 0 Å². The molecule has 0 saturated carbocycles. The van der Waals surface area contributed by atoms with Gasteiger partial charge in [0.05, 0.1) is 5.69 Å². The molecule has 3 N–H and O–H groups in total. The van der Waals surface area contributed by atoms with Gasteiger partial charge in [-0.2, -0.15) is 5.10 Å². The molecule has 1 atom stereocenters. The Morgan fingerprint density at radius 3 is 2.58 bits per heavy atom. The van der Waals surface area contributed by atoms with Crippen molar-refractivity contribution < 1.29 is 4.79 Å². The van der Waals surface area contributed by atoms with Crippen molar-refractivity contribution in [3.63, 3.8) is 0 Å². The van der Waals surface area contributed by atoms with Crippen LogP contribution in [0.15, 0.2) is 42.7 Å². The fraction of sp³-hybridized carbons (Fsp3) is 0.263. The summed E-state index contributed by atoms with van der Waals surface area (Å²) in [6, 6.07) is 9.32. The molecule has 0 fully saturated rings. The lowest BCUT2D eigenvalue weighted by atomic mass is 10.1. The number of carbonyl (C=O) groups is 1. The third kappa shape index (κ3) is 4.05. The Bertz CT molecular complexity index is 887. The number of rotatable bonds is 6. The monoisotopic (exact) mass is 350 g/mol. The van der Waals surface area contributed by atoms with Gasteiger partial charge < -0.3 is 10.6 Å². The summed E-state index contributed by atoms with van der Waals surface area (Å²) in [5, 5.41) is 13.1. The van der Waals surface area contributed by atoms with Gasteiger partial charge >= 0.3 is 0 Å². The van der Waals surface area contributed by atoms with E-state index in [0.29, 0.717) is 17.8 Å². The average molecular weight is 350 g/mol. The minimum atomic E-state index is -0.107. The van der Waals surface area contributed by atoms with Crippen LogP contribution in [0.5, 0.6) is 0 Å². The lowest BCUT2D eigenvalue weighted by Gasteiger charge is -2.13. The quantitative estimate of drug-likeness (QED) is 0.635. The van der Waals surface area contributed by atoms with Gasteiger partial charge in [0, 0.05) is 48.7 Å².